The predicted octanol–water partition coefficient (Wildman–Crippen LogP) is 5.46. The summed E-state index contributed by atoms with van der Waals surface area (Å²) in [5, 5.41) is 0.760. The number of benzene rings is 3. The lowest BCUT2D eigenvalue weighted by atomic mass is 10.1. The van der Waals surface area contributed by atoms with Gasteiger partial charge in [0.1, 0.15) is 11.4 Å². The first kappa shape index (κ1) is 28.5. The SMILES string of the molecule is CC(C)CN(CC(=O)N(Cc1ccc(F)cc1)Cc1coc2ccccc2c1=O)S(=O)(=O)c1ccc(Cl)cc1. The molecule has 3 aromatic carbocycles. The topological polar surface area (TPSA) is 87.9 Å². The number of carbonyl (C=O) groups excluding carboxylic acids is 1. The molecular weight excluding hydrogens is 543 g/mol. The van der Waals surface area contributed by atoms with Gasteiger partial charge in [-0.15, -0.1) is 0 Å². The third-order valence-electron chi connectivity index (χ3n) is 6.08. The molecule has 0 spiro atoms. The smallest absolute Gasteiger partial charge is 0.243 e. The molecular formula is C29H28ClFN2O5S. The standard InChI is InChI=1S/C29H28ClFN2O5S/c1-20(2)15-33(39(36,37)25-13-9-23(30)10-14-25)18-28(34)32(16-21-7-11-24(31)12-8-21)17-22-19-38-27-6-4-3-5-26(27)29(22)35/h3-14,19-20H,15-18H2,1-2H3. The van der Waals surface area contributed by atoms with Crippen LogP contribution in [0.25, 0.3) is 11.0 Å². The van der Waals surface area contributed by atoms with Crippen LogP contribution < -0.4 is 5.43 Å². The maximum Gasteiger partial charge on any atom is 0.243 e. The molecule has 39 heavy (non-hydrogen) atoms. The number of rotatable bonds is 10. The summed E-state index contributed by atoms with van der Waals surface area (Å²) in [5.74, 6) is -1.02. The average Bonchev–Trinajstić information content (AvgIpc) is 2.90. The summed E-state index contributed by atoms with van der Waals surface area (Å²) in [7, 11) is -4.03. The van der Waals surface area contributed by atoms with Crippen LogP contribution in [0.4, 0.5) is 4.39 Å². The molecule has 0 atom stereocenters. The highest BCUT2D eigenvalue weighted by atomic mass is 35.5. The second-order valence-electron chi connectivity index (χ2n) is 9.61. The first-order valence-electron chi connectivity index (χ1n) is 12.3. The molecule has 0 bridgehead atoms. The molecule has 0 radical (unpaired) electrons. The van der Waals surface area contributed by atoms with Gasteiger partial charge in [-0.05, 0) is 60.0 Å². The van der Waals surface area contributed by atoms with Gasteiger partial charge in [0.15, 0.2) is 5.43 Å². The highest BCUT2D eigenvalue weighted by Crippen LogP contribution is 2.21. The molecule has 10 heteroatoms. The van der Waals surface area contributed by atoms with Crippen molar-refractivity contribution in [2.75, 3.05) is 13.1 Å². The minimum Gasteiger partial charge on any atom is -0.464 e. The number of carbonyl (C=O) groups is 1. The van der Waals surface area contributed by atoms with Gasteiger partial charge >= 0.3 is 0 Å². The monoisotopic (exact) mass is 570 g/mol. The summed E-state index contributed by atoms with van der Waals surface area (Å²) in [4.78, 5) is 28.3. The van der Waals surface area contributed by atoms with Gasteiger partial charge in [-0.25, -0.2) is 12.8 Å². The third-order valence-corrected chi connectivity index (χ3v) is 8.16. The summed E-state index contributed by atoms with van der Waals surface area (Å²) in [6, 6.07) is 18.1. The molecule has 1 aromatic heterocycles. The van der Waals surface area contributed by atoms with Gasteiger partial charge in [-0.3, -0.25) is 9.59 Å². The Morgan fingerprint density at radius 3 is 2.31 bits per heavy atom. The molecule has 0 N–H and O–H groups in total. The van der Waals surface area contributed by atoms with E-state index in [1.807, 2.05) is 13.8 Å². The summed E-state index contributed by atoms with van der Waals surface area (Å²) < 4.78 is 47.3. The van der Waals surface area contributed by atoms with Gasteiger partial charge in [-0.1, -0.05) is 49.7 Å². The fourth-order valence-electron chi connectivity index (χ4n) is 4.14. The van der Waals surface area contributed by atoms with Crippen molar-refractivity contribution >= 4 is 38.5 Å². The van der Waals surface area contributed by atoms with E-state index in [-0.39, 0.29) is 41.4 Å². The van der Waals surface area contributed by atoms with Crippen LogP contribution in [-0.2, 0) is 27.9 Å². The van der Waals surface area contributed by atoms with E-state index in [2.05, 4.69) is 0 Å². The van der Waals surface area contributed by atoms with Crippen molar-refractivity contribution in [2.45, 2.75) is 31.8 Å². The van der Waals surface area contributed by atoms with Crippen LogP contribution in [0, 0.1) is 11.7 Å². The van der Waals surface area contributed by atoms with Crippen LogP contribution in [0.5, 0.6) is 0 Å². The van der Waals surface area contributed by atoms with E-state index < -0.39 is 28.3 Å². The first-order valence-corrected chi connectivity index (χ1v) is 14.1. The van der Waals surface area contributed by atoms with Crippen LogP contribution in [-0.4, -0.2) is 36.6 Å². The Morgan fingerprint density at radius 1 is 0.974 bits per heavy atom. The molecule has 1 amide bonds. The second-order valence-corrected chi connectivity index (χ2v) is 12.0. The molecule has 0 fully saturated rings. The average molecular weight is 571 g/mol. The first-order chi connectivity index (χ1) is 18.5. The predicted molar refractivity (Wildman–Crippen MR) is 148 cm³/mol. The van der Waals surface area contributed by atoms with Gasteiger partial charge in [0.2, 0.25) is 15.9 Å². The van der Waals surface area contributed by atoms with Crippen molar-refractivity contribution in [3.8, 4) is 0 Å². The van der Waals surface area contributed by atoms with Gasteiger partial charge in [0.05, 0.1) is 35.2 Å². The summed E-state index contributed by atoms with van der Waals surface area (Å²) in [6.07, 6.45) is 1.31. The van der Waals surface area contributed by atoms with Crippen molar-refractivity contribution < 1.29 is 22.0 Å². The second kappa shape index (κ2) is 12.1. The zero-order chi connectivity index (χ0) is 28.2. The Balaban J connectivity index is 1.68. The fourth-order valence-corrected chi connectivity index (χ4v) is 5.82. The Kier molecular flexibility index (Phi) is 8.84. The number of fused-ring (bicyclic) bond motifs is 1. The lowest BCUT2D eigenvalue weighted by Crippen LogP contribution is -2.44. The molecule has 4 rings (SSSR count). The minimum absolute atomic E-state index is 0.0145. The van der Waals surface area contributed by atoms with Crippen LogP contribution >= 0.6 is 11.6 Å². The number of halogens is 2. The van der Waals surface area contributed by atoms with E-state index in [1.54, 1.807) is 24.3 Å². The van der Waals surface area contributed by atoms with Crippen LogP contribution in [0.1, 0.15) is 25.0 Å². The van der Waals surface area contributed by atoms with Gasteiger partial charge in [-0.2, -0.15) is 4.31 Å². The zero-order valence-electron chi connectivity index (χ0n) is 21.5. The zero-order valence-corrected chi connectivity index (χ0v) is 23.1. The number of para-hydroxylation sites is 1. The molecule has 0 unspecified atom stereocenters. The van der Waals surface area contributed by atoms with Crippen LogP contribution in [0.2, 0.25) is 5.02 Å². The third kappa shape index (κ3) is 6.92. The maximum atomic E-state index is 13.7. The summed E-state index contributed by atoms with van der Waals surface area (Å²) >= 11 is 5.94. The molecule has 0 aliphatic heterocycles. The van der Waals surface area contributed by atoms with Crippen molar-refractivity contribution in [3.05, 3.63) is 111 Å². The molecule has 0 saturated carbocycles. The molecule has 0 aliphatic carbocycles. The summed E-state index contributed by atoms with van der Waals surface area (Å²) in [6.45, 7) is 3.25. The van der Waals surface area contributed by atoms with E-state index in [0.717, 1.165) is 4.31 Å². The van der Waals surface area contributed by atoms with Gasteiger partial charge in [0, 0.05) is 18.1 Å². The quantitative estimate of drug-likeness (QED) is 0.253. The lowest BCUT2D eigenvalue weighted by molar-refractivity contribution is -0.132. The number of sulfonamides is 1. The normalized spacial score (nSPS) is 11.8. The number of nitrogens with zero attached hydrogens (tertiary/aromatic N) is 2. The number of hydrogen-bond acceptors (Lipinski definition) is 5. The molecule has 4 aromatic rings. The lowest BCUT2D eigenvalue weighted by Gasteiger charge is -2.28. The van der Waals surface area contributed by atoms with Crippen LogP contribution in [0.3, 0.4) is 0 Å². The van der Waals surface area contributed by atoms with Crippen molar-refractivity contribution in [1.82, 2.24) is 9.21 Å². The molecule has 0 saturated heterocycles. The minimum atomic E-state index is -4.03. The Hall–Kier alpha value is -3.53. The van der Waals surface area contributed by atoms with Gasteiger partial charge in [0.25, 0.3) is 0 Å². The van der Waals surface area contributed by atoms with Crippen LogP contribution in [0.15, 0.2) is 93.2 Å². The Bertz CT molecular complexity index is 1620. The number of amides is 1. The van der Waals surface area contributed by atoms with E-state index in [9.17, 15) is 22.4 Å². The maximum absolute atomic E-state index is 13.7. The van der Waals surface area contributed by atoms with Crippen molar-refractivity contribution in [3.63, 3.8) is 0 Å². The molecule has 0 aliphatic rings. The summed E-state index contributed by atoms with van der Waals surface area (Å²) in [5.41, 5.74) is 0.979. The van der Waals surface area contributed by atoms with Crippen molar-refractivity contribution in [2.24, 2.45) is 5.92 Å². The Labute approximate surface area is 231 Å². The Morgan fingerprint density at radius 2 is 1.64 bits per heavy atom. The largest absolute Gasteiger partial charge is 0.464 e. The van der Waals surface area contributed by atoms with Gasteiger partial charge < -0.3 is 9.32 Å². The van der Waals surface area contributed by atoms with E-state index in [0.29, 0.717) is 21.6 Å². The number of hydrogen-bond donors (Lipinski definition) is 0. The molecule has 1 heterocycles. The fraction of sp³-hybridized carbons (Fsp3) is 0.241. The van der Waals surface area contributed by atoms with E-state index in [1.165, 1.54) is 59.7 Å². The molecule has 204 valence electrons. The van der Waals surface area contributed by atoms with Crippen molar-refractivity contribution in [1.29, 1.82) is 0 Å². The molecule has 7 nitrogen and oxygen atoms in total. The van der Waals surface area contributed by atoms with E-state index in [4.69, 9.17) is 16.0 Å². The highest BCUT2D eigenvalue weighted by Gasteiger charge is 2.29. The highest BCUT2D eigenvalue weighted by molar-refractivity contribution is 7.89. The van der Waals surface area contributed by atoms with E-state index >= 15 is 0 Å².